The molecule has 3 atom stereocenters. The molecular formula is C17H26N2O2. The van der Waals surface area contributed by atoms with Crippen molar-refractivity contribution in [1.82, 2.24) is 5.32 Å². The largest absolute Gasteiger partial charge is 0.378 e. The van der Waals surface area contributed by atoms with Gasteiger partial charge in [0.25, 0.3) is 0 Å². The second kappa shape index (κ2) is 7.05. The van der Waals surface area contributed by atoms with Gasteiger partial charge in [0.15, 0.2) is 0 Å². The number of aryl methyl sites for hydroxylation is 1. The van der Waals surface area contributed by atoms with Crippen molar-refractivity contribution >= 4 is 5.91 Å². The number of rotatable bonds is 5. The van der Waals surface area contributed by atoms with Crippen molar-refractivity contribution in [3.8, 4) is 0 Å². The predicted molar refractivity (Wildman–Crippen MR) is 83.8 cm³/mol. The lowest BCUT2D eigenvalue weighted by atomic mass is 9.93. The van der Waals surface area contributed by atoms with Crippen molar-refractivity contribution in [2.24, 2.45) is 17.6 Å². The lowest BCUT2D eigenvalue weighted by molar-refractivity contribution is -0.122. The monoisotopic (exact) mass is 290 g/mol. The van der Waals surface area contributed by atoms with Gasteiger partial charge < -0.3 is 15.8 Å². The number of amides is 1. The molecule has 1 heterocycles. The van der Waals surface area contributed by atoms with Gasteiger partial charge in [-0.2, -0.15) is 0 Å². The Kier molecular flexibility index (Phi) is 5.37. The lowest BCUT2D eigenvalue weighted by Gasteiger charge is -2.23. The second-order valence-electron chi connectivity index (χ2n) is 6.26. The molecule has 0 spiro atoms. The molecule has 0 aromatic heterocycles. The van der Waals surface area contributed by atoms with E-state index in [1.54, 1.807) is 0 Å². The van der Waals surface area contributed by atoms with Gasteiger partial charge in [-0.25, -0.2) is 0 Å². The molecule has 116 valence electrons. The standard InChI is InChI=1S/C17H26N2O2/c1-11(2)16-14(8-9-21-16)10-19-17(20)15(18)13-6-4-12(3)5-7-13/h4-7,11,14-16H,8-10,18H2,1-3H3,(H,19,20). The van der Waals surface area contributed by atoms with E-state index in [1.807, 2.05) is 31.2 Å². The summed E-state index contributed by atoms with van der Waals surface area (Å²) in [6.45, 7) is 7.75. The number of hydrogen-bond acceptors (Lipinski definition) is 3. The number of carbonyl (C=O) groups excluding carboxylic acids is 1. The Labute approximate surface area is 127 Å². The fraction of sp³-hybridized carbons (Fsp3) is 0.588. The van der Waals surface area contributed by atoms with Gasteiger partial charge in [0.05, 0.1) is 6.10 Å². The minimum Gasteiger partial charge on any atom is -0.378 e. The highest BCUT2D eigenvalue weighted by Gasteiger charge is 2.31. The third kappa shape index (κ3) is 4.05. The van der Waals surface area contributed by atoms with Crippen LogP contribution in [0.1, 0.15) is 37.4 Å². The molecule has 0 aliphatic carbocycles. The third-order valence-electron chi connectivity index (χ3n) is 4.18. The molecule has 4 heteroatoms. The summed E-state index contributed by atoms with van der Waals surface area (Å²) in [5.41, 5.74) is 8.03. The molecule has 1 aromatic rings. The fourth-order valence-electron chi connectivity index (χ4n) is 2.88. The van der Waals surface area contributed by atoms with E-state index < -0.39 is 6.04 Å². The third-order valence-corrected chi connectivity index (χ3v) is 4.18. The highest BCUT2D eigenvalue weighted by atomic mass is 16.5. The number of nitrogens with one attached hydrogen (secondary N) is 1. The Morgan fingerprint density at radius 3 is 2.67 bits per heavy atom. The number of nitrogens with two attached hydrogens (primary N) is 1. The maximum atomic E-state index is 12.2. The van der Waals surface area contributed by atoms with Crippen molar-refractivity contribution in [3.05, 3.63) is 35.4 Å². The molecule has 4 nitrogen and oxygen atoms in total. The first kappa shape index (κ1) is 16.0. The van der Waals surface area contributed by atoms with E-state index in [0.717, 1.165) is 24.2 Å². The van der Waals surface area contributed by atoms with Gasteiger partial charge in [0.1, 0.15) is 6.04 Å². The van der Waals surface area contributed by atoms with Gasteiger partial charge in [-0.1, -0.05) is 43.7 Å². The van der Waals surface area contributed by atoms with Crippen LogP contribution in [0.5, 0.6) is 0 Å². The van der Waals surface area contributed by atoms with Crippen LogP contribution in [0.4, 0.5) is 0 Å². The van der Waals surface area contributed by atoms with Crippen LogP contribution >= 0.6 is 0 Å². The molecular weight excluding hydrogens is 264 g/mol. The topological polar surface area (TPSA) is 64.4 Å². The van der Waals surface area contributed by atoms with Crippen LogP contribution in [-0.2, 0) is 9.53 Å². The molecule has 1 aliphatic rings. The molecule has 1 amide bonds. The number of ether oxygens (including phenoxy) is 1. The number of hydrogen-bond donors (Lipinski definition) is 2. The van der Waals surface area contributed by atoms with Crippen molar-refractivity contribution in [2.45, 2.75) is 39.3 Å². The molecule has 21 heavy (non-hydrogen) atoms. The average Bonchev–Trinajstić information content (AvgIpc) is 2.93. The minimum atomic E-state index is -0.606. The summed E-state index contributed by atoms with van der Waals surface area (Å²) in [6, 6.07) is 7.17. The molecule has 1 saturated heterocycles. The normalized spacial score (nSPS) is 23.3. The van der Waals surface area contributed by atoms with E-state index in [2.05, 4.69) is 19.2 Å². The molecule has 1 aliphatic heterocycles. The molecule has 0 radical (unpaired) electrons. The van der Waals surface area contributed by atoms with Gasteiger partial charge in [-0.15, -0.1) is 0 Å². The molecule has 3 unspecified atom stereocenters. The predicted octanol–water partition coefficient (Wildman–Crippen LogP) is 2.17. The van der Waals surface area contributed by atoms with Crippen LogP contribution < -0.4 is 11.1 Å². The summed E-state index contributed by atoms with van der Waals surface area (Å²) < 4.78 is 5.74. The van der Waals surface area contributed by atoms with E-state index in [4.69, 9.17) is 10.5 Å². The van der Waals surface area contributed by atoms with E-state index in [9.17, 15) is 4.79 Å². The van der Waals surface area contributed by atoms with Gasteiger partial charge in [0.2, 0.25) is 5.91 Å². The first-order valence-electron chi connectivity index (χ1n) is 7.70. The van der Waals surface area contributed by atoms with Crippen LogP contribution in [0.25, 0.3) is 0 Å². The van der Waals surface area contributed by atoms with Gasteiger partial charge >= 0.3 is 0 Å². The SMILES string of the molecule is Cc1ccc(C(N)C(=O)NCC2CCOC2C(C)C)cc1. The van der Waals surface area contributed by atoms with E-state index in [-0.39, 0.29) is 12.0 Å². The van der Waals surface area contributed by atoms with E-state index >= 15 is 0 Å². The molecule has 0 saturated carbocycles. The van der Waals surface area contributed by atoms with E-state index in [1.165, 1.54) is 0 Å². The summed E-state index contributed by atoms with van der Waals surface area (Å²) >= 11 is 0. The minimum absolute atomic E-state index is 0.117. The fourth-order valence-corrected chi connectivity index (χ4v) is 2.88. The van der Waals surface area contributed by atoms with Crippen molar-refractivity contribution < 1.29 is 9.53 Å². The van der Waals surface area contributed by atoms with Crippen molar-refractivity contribution in [1.29, 1.82) is 0 Å². The molecule has 2 rings (SSSR count). The Hall–Kier alpha value is -1.39. The average molecular weight is 290 g/mol. The van der Waals surface area contributed by atoms with Crippen molar-refractivity contribution in [3.63, 3.8) is 0 Å². The molecule has 1 aromatic carbocycles. The smallest absolute Gasteiger partial charge is 0.241 e. The van der Waals surface area contributed by atoms with Gasteiger partial charge in [-0.05, 0) is 24.8 Å². The second-order valence-corrected chi connectivity index (χ2v) is 6.26. The zero-order chi connectivity index (χ0) is 15.4. The highest BCUT2D eigenvalue weighted by molar-refractivity contribution is 5.82. The summed E-state index contributed by atoms with van der Waals surface area (Å²) in [4.78, 5) is 12.2. The zero-order valence-electron chi connectivity index (χ0n) is 13.1. The van der Waals surface area contributed by atoms with Crippen molar-refractivity contribution in [2.75, 3.05) is 13.2 Å². The first-order chi connectivity index (χ1) is 9.99. The maximum absolute atomic E-state index is 12.2. The van der Waals surface area contributed by atoms with E-state index in [0.29, 0.717) is 18.4 Å². The zero-order valence-corrected chi connectivity index (χ0v) is 13.1. The van der Waals surface area contributed by atoms with Crippen LogP contribution in [0, 0.1) is 18.8 Å². The summed E-state index contributed by atoms with van der Waals surface area (Å²) in [6.07, 6.45) is 1.24. The Bertz CT molecular complexity index is 470. The first-order valence-corrected chi connectivity index (χ1v) is 7.70. The Balaban J connectivity index is 1.88. The maximum Gasteiger partial charge on any atom is 0.241 e. The van der Waals surface area contributed by atoms with Gasteiger partial charge in [0, 0.05) is 19.1 Å². The lowest BCUT2D eigenvalue weighted by Crippen LogP contribution is -2.39. The molecule has 3 N–H and O–H groups in total. The Morgan fingerprint density at radius 1 is 1.38 bits per heavy atom. The van der Waals surface area contributed by atoms with Crippen LogP contribution in [-0.4, -0.2) is 25.2 Å². The van der Waals surface area contributed by atoms with Gasteiger partial charge in [-0.3, -0.25) is 4.79 Å². The number of carbonyl (C=O) groups is 1. The van der Waals surface area contributed by atoms with Crippen LogP contribution in [0.2, 0.25) is 0 Å². The summed E-state index contributed by atoms with van der Waals surface area (Å²) in [5.74, 6) is 0.743. The molecule has 0 bridgehead atoms. The summed E-state index contributed by atoms with van der Waals surface area (Å²) in [7, 11) is 0. The summed E-state index contributed by atoms with van der Waals surface area (Å²) in [5, 5.41) is 2.98. The van der Waals surface area contributed by atoms with Crippen LogP contribution in [0.3, 0.4) is 0 Å². The highest BCUT2D eigenvalue weighted by Crippen LogP contribution is 2.26. The van der Waals surface area contributed by atoms with Crippen LogP contribution in [0.15, 0.2) is 24.3 Å². The quantitative estimate of drug-likeness (QED) is 0.873. The molecule has 1 fully saturated rings. The Morgan fingerprint density at radius 2 is 2.05 bits per heavy atom. The number of benzene rings is 1.